The van der Waals surface area contributed by atoms with E-state index in [2.05, 4.69) is 26.9 Å². The van der Waals surface area contributed by atoms with Crippen LogP contribution in [0.3, 0.4) is 0 Å². The number of nitrogens with one attached hydrogen (secondary N) is 3. The van der Waals surface area contributed by atoms with E-state index < -0.39 is 0 Å². The monoisotopic (exact) mass is 320 g/mol. The number of hydrazone groups is 1. The molecule has 0 aliphatic rings. The number of carbonyl (C=O) groups excluding carboxylic acids is 1. The maximum absolute atomic E-state index is 11.9. The SMILES string of the molecule is Cc1ccc(NCC(=O)N/N=C/c2c[nH]c3ccccc23)c(C)c1. The summed E-state index contributed by atoms with van der Waals surface area (Å²) in [6.07, 6.45) is 3.52. The van der Waals surface area contributed by atoms with Crippen LogP contribution < -0.4 is 10.7 Å². The Labute approximate surface area is 140 Å². The van der Waals surface area contributed by atoms with Crippen LogP contribution in [0.5, 0.6) is 0 Å². The molecule has 122 valence electrons. The normalized spacial score (nSPS) is 11.1. The van der Waals surface area contributed by atoms with Gasteiger partial charge < -0.3 is 10.3 Å². The fourth-order valence-electron chi connectivity index (χ4n) is 2.60. The Morgan fingerprint density at radius 3 is 2.88 bits per heavy atom. The van der Waals surface area contributed by atoms with E-state index in [0.717, 1.165) is 27.7 Å². The van der Waals surface area contributed by atoms with Gasteiger partial charge in [-0.1, -0.05) is 35.9 Å². The molecule has 3 N–H and O–H groups in total. The summed E-state index contributed by atoms with van der Waals surface area (Å²) in [6, 6.07) is 14.0. The van der Waals surface area contributed by atoms with Crippen molar-refractivity contribution < 1.29 is 4.79 Å². The van der Waals surface area contributed by atoms with Gasteiger partial charge in [0.25, 0.3) is 5.91 Å². The van der Waals surface area contributed by atoms with Crippen molar-refractivity contribution in [2.24, 2.45) is 5.10 Å². The molecule has 1 heterocycles. The zero-order chi connectivity index (χ0) is 16.9. The lowest BCUT2D eigenvalue weighted by Gasteiger charge is -2.09. The maximum Gasteiger partial charge on any atom is 0.259 e. The molecule has 24 heavy (non-hydrogen) atoms. The fourth-order valence-corrected chi connectivity index (χ4v) is 2.60. The third-order valence-corrected chi connectivity index (χ3v) is 3.84. The maximum atomic E-state index is 11.9. The molecule has 0 spiro atoms. The molecule has 1 amide bonds. The van der Waals surface area contributed by atoms with Crippen LogP contribution in [-0.2, 0) is 4.79 Å². The molecule has 0 atom stereocenters. The van der Waals surface area contributed by atoms with Gasteiger partial charge in [0, 0.05) is 28.4 Å². The highest BCUT2D eigenvalue weighted by atomic mass is 16.2. The van der Waals surface area contributed by atoms with Crippen LogP contribution in [-0.4, -0.2) is 23.7 Å². The Kier molecular flexibility index (Phi) is 4.61. The largest absolute Gasteiger partial charge is 0.376 e. The molecule has 0 aliphatic heterocycles. The van der Waals surface area contributed by atoms with Crippen molar-refractivity contribution in [3.63, 3.8) is 0 Å². The second kappa shape index (κ2) is 7.00. The molecule has 0 fully saturated rings. The molecule has 3 rings (SSSR count). The Morgan fingerprint density at radius 2 is 2.04 bits per heavy atom. The summed E-state index contributed by atoms with van der Waals surface area (Å²) in [6.45, 7) is 4.24. The van der Waals surface area contributed by atoms with Gasteiger partial charge in [-0.25, -0.2) is 5.43 Å². The molecule has 1 aromatic heterocycles. The van der Waals surface area contributed by atoms with Gasteiger partial charge >= 0.3 is 0 Å². The molecule has 5 heteroatoms. The number of rotatable bonds is 5. The van der Waals surface area contributed by atoms with Crippen LogP contribution >= 0.6 is 0 Å². The topological polar surface area (TPSA) is 69.3 Å². The minimum atomic E-state index is -0.189. The van der Waals surface area contributed by atoms with Crippen molar-refractivity contribution in [1.82, 2.24) is 10.4 Å². The second-order valence-electron chi connectivity index (χ2n) is 5.75. The van der Waals surface area contributed by atoms with E-state index in [9.17, 15) is 4.79 Å². The van der Waals surface area contributed by atoms with Gasteiger partial charge in [0.1, 0.15) is 0 Å². The van der Waals surface area contributed by atoms with Gasteiger partial charge in [-0.3, -0.25) is 4.79 Å². The smallest absolute Gasteiger partial charge is 0.259 e. The predicted octanol–water partition coefficient (Wildman–Crippen LogP) is 3.35. The number of H-pyrrole nitrogens is 1. The molecule has 0 saturated heterocycles. The molecule has 0 saturated carbocycles. The molecule has 2 aromatic carbocycles. The van der Waals surface area contributed by atoms with E-state index in [0.29, 0.717) is 0 Å². The lowest BCUT2D eigenvalue weighted by atomic mass is 10.1. The number of amides is 1. The van der Waals surface area contributed by atoms with E-state index in [4.69, 9.17) is 0 Å². The van der Waals surface area contributed by atoms with Crippen molar-refractivity contribution >= 4 is 28.7 Å². The van der Waals surface area contributed by atoms with Crippen LogP contribution in [0.25, 0.3) is 10.9 Å². The van der Waals surface area contributed by atoms with E-state index in [1.165, 1.54) is 5.56 Å². The number of anilines is 1. The minimum absolute atomic E-state index is 0.176. The zero-order valence-electron chi connectivity index (χ0n) is 13.8. The zero-order valence-corrected chi connectivity index (χ0v) is 13.8. The summed E-state index contributed by atoms with van der Waals surface area (Å²) in [4.78, 5) is 15.1. The molecule has 5 nitrogen and oxygen atoms in total. The summed E-state index contributed by atoms with van der Waals surface area (Å²) < 4.78 is 0. The number of fused-ring (bicyclic) bond motifs is 1. The number of nitrogens with zero attached hydrogens (tertiary/aromatic N) is 1. The molecule has 0 radical (unpaired) electrons. The summed E-state index contributed by atoms with van der Waals surface area (Å²) >= 11 is 0. The van der Waals surface area contributed by atoms with Gasteiger partial charge in [0.05, 0.1) is 12.8 Å². The Morgan fingerprint density at radius 1 is 1.21 bits per heavy atom. The van der Waals surface area contributed by atoms with E-state index in [1.807, 2.05) is 56.4 Å². The van der Waals surface area contributed by atoms with Crippen LogP contribution in [0.4, 0.5) is 5.69 Å². The second-order valence-corrected chi connectivity index (χ2v) is 5.75. The predicted molar refractivity (Wildman–Crippen MR) is 98.4 cm³/mol. The molecule has 0 unspecified atom stereocenters. The Balaban J connectivity index is 1.55. The Bertz CT molecular complexity index is 895. The first-order chi connectivity index (χ1) is 11.6. The number of aromatic nitrogens is 1. The highest BCUT2D eigenvalue weighted by Crippen LogP contribution is 2.16. The highest BCUT2D eigenvalue weighted by Gasteiger charge is 2.03. The summed E-state index contributed by atoms with van der Waals surface area (Å²) in [5.74, 6) is -0.189. The lowest BCUT2D eigenvalue weighted by molar-refractivity contribution is -0.119. The van der Waals surface area contributed by atoms with E-state index in [1.54, 1.807) is 6.21 Å². The number of hydrogen-bond acceptors (Lipinski definition) is 3. The third-order valence-electron chi connectivity index (χ3n) is 3.84. The van der Waals surface area contributed by atoms with Crippen LogP contribution in [0.2, 0.25) is 0 Å². The van der Waals surface area contributed by atoms with Gasteiger partial charge in [0.15, 0.2) is 0 Å². The molecular formula is C19H20N4O. The lowest BCUT2D eigenvalue weighted by Crippen LogP contribution is -2.26. The average molecular weight is 320 g/mol. The van der Waals surface area contributed by atoms with Crippen LogP contribution in [0.15, 0.2) is 53.8 Å². The van der Waals surface area contributed by atoms with Crippen LogP contribution in [0.1, 0.15) is 16.7 Å². The summed E-state index contributed by atoms with van der Waals surface area (Å²) in [7, 11) is 0. The van der Waals surface area contributed by atoms with Gasteiger partial charge in [-0.05, 0) is 31.5 Å². The highest BCUT2D eigenvalue weighted by molar-refractivity contribution is 5.99. The molecule has 3 aromatic rings. The molecule has 0 bridgehead atoms. The van der Waals surface area contributed by atoms with Gasteiger partial charge in [-0.2, -0.15) is 5.10 Å². The number of para-hydroxylation sites is 1. The van der Waals surface area contributed by atoms with E-state index in [-0.39, 0.29) is 12.5 Å². The fraction of sp³-hybridized carbons (Fsp3) is 0.158. The van der Waals surface area contributed by atoms with Crippen molar-refractivity contribution in [2.75, 3.05) is 11.9 Å². The van der Waals surface area contributed by atoms with Gasteiger partial charge in [-0.15, -0.1) is 0 Å². The molecular weight excluding hydrogens is 300 g/mol. The van der Waals surface area contributed by atoms with Crippen molar-refractivity contribution in [3.05, 3.63) is 65.4 Å². The van der Waals surface area contributed by atoms with Crippen molar-refractivity contribution in [1.29, 1.82) is 0 Å². The first-order valence-electron chi connectivity index (χ1n) is 7.82. The summed E-state index contributed by atoms with van der Waals surface area (Å²) in [5, 5.41) is 8.22. The third kappa shape index (κ3) is 3.63. The van der Waals surface area contributed by atoms with Gasteiger partial charge in [0.2, 0.25) is 0 Å². The first kappa shape index (κ1) is 15.8. The Hall–Kier alpha value is -3.08. The van der Waals surface area contributed by atoms with Crippen LogP contribution in [0, 0.1) is 13.8 Å². The van der Waals surface area contributed by atoms with Crippen molar-refractivity contribution in [2.45, 2.75) is 13.8 Å². The summed E-state index contributed by atoms with van der Waals surface area (Å²) in [5.41, 5.74) is 7.79. The number of aryl methyl sites for hydroxylation is 2. The standard InChI is InChI=1S/C19H20N4O/c1-13-7-8-17(14(2)9-13)21-12-19(24)23-22-11-15-10-20-18-6-4-3-5-16(15)18/h3-11,20-21H,12H2,1-2H3,(H,23,24)/b22-11+. The number of aromatic amines is 1. The minimum Gasteiger partial charge on any atom is -0.376 e. The number of hydrogen-bond donors (Lipinski definition) is 3. The average Bonchev–Trinajstić information content (AvgIpc) is 2.97. The number of benzene rings is 2. The van der Waals surface area contributed by atoms with Crippen molar-refractivity contribution in [3.8, 4) is 0 Å². The first-order valence-corrected chi connectivity index (χ1v) is 7.82. The molecule has 0 aliphatic carbocycles. The van der Waals surface area contributed by atoms with E-state index >= 15 is 0 Å². The quantitative estimate of drug-likeness (QED) is 0.498. The number of carbonyl (C=O) groups is 1.